The molecule has 2 unspecified atom stereocenters. The van der Waals surface area contributed by atoms with Crippen LogP contribution in [0, 0.1) is 6.92 Å². The zero-order chi connectivity index (χ0) is 27.7. The Kier molecular flexibility index (Phi) is 7.79. The number of nitrogens with one attached hydrogen (secondary N) is 2. The molecule has 1 saturated heterocycles. The lowest BCUT2D eigenvalue weighted by molar-refractivity contribution is -0.117. The molecule has 4 heterocycles. The number of benzene rings is 1. The molecule has 0 aliphatic carbocycles. The average molecular weight is 571 g/mol. The first-order valence-electron chi connectivity index (χ1n) is 12.3. The molecule has 0 spiro atoms. The van der Waals surface area contributed by atoms with Crippen LogP contribution < -0.4 is 25.0 Å². The fourth-order valence-corrected chi connectivity index (χ4v) is 5.55. The number of methoxy groups -OCH3 is 2. The number of nitrogens with zero attached hydrogens (tertiary/aromatic N) is 4. The molecule has 1 aromatic carbocycles. The molecule has 1 amide bonds. The van der Waals surface area contributed by atoms with Gasteiger partial charge in [0.1, 0.15) is 27.4 Å². The molecular weight excluding hydrogens is 543 g/mol. The number of amides is 1. The van der Waals surface area contributed by atoms with Gasteiger partial charge in [-0.1, -0.05) is 29.8 Å². The van der Waals surface area contributed by atoms with E-state index >= 15 is 0 Å². The normalized spacial score (nSPS) is 18.0. The second kappa shape index (κ2) is 11.3. The molecule has 0 bridgehead atoms. The minimum absolute atomic E-state index is 0.151. The zero-order valence-electron chi connectivity index (χ0n) is 21.8. The number of aryl methyl sites for hydroxylation is 1. The first-order chi connectivity index (χ1) is 18.9. The summed E-state index contributed by atoms with van der Waals surface area (Å²) in [6.45, 7) is 6.86. The number of carbonyl (C=O) groups is 1. The fourth-order valence-electron chi connectivity index (χ4n) is 4.85. The summed E-state index contributed by atoms with van der Waals surface area (Å²) in [5.74, 6) is 1.68. The second-order valence-electron chi connectivity index (χ2n) is 9.17. The van der Waals surface area contributed by atoms with E-state index in [1.165, 1.54) is 20.3 Å². The van der Waals surface area contributed by atoms with Crippen LogP contribution in [0.5, 0.6) is 11.5 Å². The van der Waals surface area contributed by atoms with Gasteiger partial charge in [-0.15, -0.1) is 0 Å². The Morgan fingerprint density at radius 1 is 1.21 bits per heavy atom. The van der Waals surface area contributed by atoms with Gasteiger partial charge in [0, 0.05) is 36.2 Å². The number of anilines is 3. The smallest absolute Gasteiger partial charge is 0.243 e. The Morgan fingerprint density at radius 3 is 2.64 bits per heavy atom. The summed E-state index contributed by atoms with van der Waals surface area (Å²) in [6.07, 6.45) is 5.43. The Bertz CT molecular complexity index is 1410. The maximum atomic E-state index is 11.9. The lowest BCUT2D eigenvalue weighted by Gasteiger charge is -2.34. The summed E-state index contributed by atoms with van der Waals surface area (Å²) in [4.78, 5) is 28.0. The van der Waals surface area contributed by atoms with Crippen molar-refractivity contribution < 1.29 is 19.0 Å². The van der Waals surface area contributed by atoms with E-state index < -0.39 is 0 Å². The lowest BCUT2D eigenvalue weighted by Crippen LogP contribution is -2.52. The van der Waals surface area contributed by atoms with Gasteiger partial charge in [-0.25, -0.2) is 15.0 Å². The van der Waals surface area contributed by atoms with E-state index in [0.29, 0.717) is 65.2 Å². The summed E-state index contributed by atoms with van der Waals surface area (Å²) in [5.41, 5.74) is 3.91. The number of halogens is 2. The molecule has 12 heteroatoms. The van der Waals surface area contributed by atoms with E-state index in [1.807, 2.05) is 17.9 Å². The predicted molar refractivity (Wildman–Crippen MR) is 150 cm³/mol. The monoisotopic (exact) mass is 570 g/mol. The van der Waals surface area contributed by atoms with Crippen LogP contribution in [0.3, 0.4) is 0 Å². The Balaban J connectivity index is 1.55. The minimum Gasteiger partial charge on any atom is -0.495 e. The quantitative estimate of drug-likeness (QED) is 0.390. The highest BCUT2D eigenvalue weighted by molar-refractivity contribution is 6.41. The van der Waals surface area contributed by atoms with Crippen molar-refractivity contribution in [3.63, 3.8) is 0 Å². The van der Waals surface area contributed by atoms with Gasteiger partial charge in [0.15, 0.2) is 0 Å². The molecule has 0 radical (unpaired) electrons. The molecule has 5 rings (SSSR count). The molecule has 0 saturated carbocycles. The maximum Gasteiger partial charge on any atom is 0.243 e. The molecule has 2 aliphatic heterocycles. The summed E-state index contributed by atoms with van der Waals surface area (Å²) in [6, 6.07) is 3.21. The molecule has 2 aromatic heterocycles. The van der Waals surface area contributed by atoms with Crippen LogP contribution in [0.25, 0.3) is 11.3 Å². The van der Waals surface area contributed by atoms with Crippen molar-refractivity contribution in [2.24, 2.45) is 0 Å². The highest BCUT2D eigenvalue weighted by Crippen LogP contribution is 2.51. The Hall–Kier alpha value is -3.60. The van der Waals surface area contributed by atoms with Crippen LogP contribution in [-0.4, -0.2) is 60.4 Å². The van der Waals surface area contributed by atoms with Gasteiger partial charge in [-0.3, -0.25) is 4.79 Å². The van der Waals surface area contributed by atoms with Crippen LogP contribution in [0.2, 0.25) is 10.0 Å². The molecular formula is C27H28Cl2N6O4. The molecule has 2 atom stereocenters. The van der Waals surface area contributed by atoms with E-state index in [9.17, 15) is 4.79 Å². The molecule has 1 fully saturated rings. The highest BCUT2D eigenvalue weighted by Gasteiger charge is 2.33. The topological polar surface area (TPSA) is 111 Å². The van der Waals surface area contributed by atoms with Gasteiger partial charge in [0.05, 0.1) is 50.8 Å². The second-order valence-corrected chi connectivity index (χ2v) is 9.93. The molecule has 10 nitrogen and oxygen atoms in total. The van der Waals surface area contributed by atoms with Crippen molar-refractivity contribution in [3.8, 4) is 22.8 Å². The zero-order valence-corrected chi connectivity index (χ0v) is 23.3. The van der Waals surface area contributed by atoms with E-state index in [0.717, 1.165) is 22.4 Å². The van der Waals surface area contributed by atoms with Gasteiger partial charge in [-0.2, -0.15) is 0 Å². The fraction of sp³-hybridized carbons (Fsp3) is 0.333. The van der Waals surface area contributed by atoms with E-state index in [4.69, 9.17) is 47.4 Å². The largest absolute Gasteiger partial charge is 0.495 e. The summed E-state index contributed by atoms with van der Waals surface area (Å²) in [7, 11) is 3.07. The van der Waals surface area contributed by atoms with Crippen molar-refractivity contribution in [2.45, 2.75) is 32.0 Å². The van der Waals surface area contributed by atoms with Gasteiger partial charge in [0.25, 0.3) is 0 Å². The van der Waals surface area contributed by atoms with E-state index in [1.54, 1.807) is 18.5 Å². The first-order valence-corrected chi connectivity index (χ1v) is 13.1. The third-order valence-corrected chi connectivity index (χ3v) is 7.56. The number of rotatable bonds is 7. The summed E-state index contributed by atoms with van der Waals surface area (Å²) < 4.78 is 16.6. The van der Waals surface area contributed by atoms with Crippen molar-refractivity contribution in [2.75, 3.05) is 37.7 Å². The Morgan fingerprint density at radius 2 is 1.95 bits per heavy atom. The van der Waals surface area contributed by atoms with Crippen molar-refractivity contribution >= 4 is 46.6 Å². The van der Waals surface area contributed by atoms with Crippen LogP contribution in [0.1, 0.15) is 17.5 Å². The molecule has 2 N–H and O–H groups in total. The number of hydrogen-bond acceptors (Lipinski definition) is 9. The molecule has 2 aliphatic rings. The van der Waals surface area contributed by atoms with Gasteiger partial charge >= 0.3 is 0 Å². The SMILES string of the molecule is C=CC(=O)NC1CCOCC1Nc1ncc2c(n1)-c1c(C)ccnc1N(c1c(Cl)c(OC)cc(OC)c1Cl)C2. The summed E-state index contributed by atoms with van der Waals surface area (Å²) in [5, 5.41) is 6.98. The van der Waals surface area contributed by atoms with E-state index in [2.05, 4.69) is 22.2 Å². The molecule has 3 aromatic rings. The van der Waals surface area contributed by atoms with Crippen molar-refractivity contribution in [1.29, 1.82) is 0 Å². The van der Waals surface area contributed by atoms with Gasteiger partial charge < -0.3 is 29.7 Å². The van der Waals surface area contributed by atoms with Crippen molar-refractivity contribution in [1.82, 2.24) is 20.3 Å². The van der Waals surface area contributed by atoms with Crippen LogP contribution in [-0.2, 0) is 16.1 Å². The van der Waals surface area contributed by atoms with Crippen LogP contribution >= 0.6 is 23.2 Å². The first kappa shape index (κ1) is 27.0. The number of carbonyl (C=O) groups excluding carboxylic acids is 1. The standard InChI is InChI=1S/C27H28Cl2N6O4/c1-5-20(36)32-16-7-9-39-13-17(16)33-27-31-11-15-12-35(26-21(24(15)34-27)14(2)6-8-30-26)25-22(28)18(37-3)10-19(38-4)23(25)29/h5-6,8,10-11,16-17H,1,7,9,12-13H2,2-4H3,(H,32,36)(H,31,33,34). The Labute approximate surface area is 236 Å². The number of fused-ring (bicyclic) bond motifs is 3. The van der Waals surface area contributed by atoms with Gasteiger partial charge in [0.2, 0.25) is 11.9 Å². The molecule has 39 heavy (non-hydrogen) atoms. The predicted octanol–water partition coefficient (Wildman–Crippen LogP) is 4.69. The summed E-state index contributed by atoms with van der Waals surface area (Å²) >= 11 is 13.6. The third kappa shape index (κ3) is 5.07. The average Bonchev–Trinajstić information content (AvgIpc) is 2.94. The number of ether oxygens (including phenoxy) is 3. The lowest BCUT2D eigenvalue weighted by atomic mass is 9.98. The maximum absolute atomic E-state index is 11.9. The number of pyridine rings is 1. The number of hydrogen-bond donors (Lipinski definition) is 2. The van der Waals surface area contributed by atoms with Gasteiger partial charge in [-0.05, 0) is 31.1 Å². The third-order valence-electron chi connectivity index (χ3n) is 6.83. The van der Waals surface area contributed by atoms with Crippen LogP contribution in [0.15, 0.2) is 37.2 Å². The highest BCUT2D eigenvalue weighted by atomic mass is 35.5. The van der Waals surface area contributed by atoms with Crippen LogP contribution in [0.4, 0.5) is 17.5 Å². The van der Waals surface area contributed by atoms with E-state index in [-0.39, 0.29) is 18.0 Å². The number of aromatic nitrogens is 3. The molecule has 204 valence electrons. The minimum atomic E-state index is -0.234. The van der Waals surface area contributed by atoms with Crippen molar-refractivity contribution in [3.05, 3.63) is 58.4 Å².